The standard InChI is InChI=1S/C31H32N4O6S.C26H29N3O4/c36-30(18-23-13-15-24(16-14-23)22-41-26-8-3-1-4-9-26)35-17-7-12-29(35)25-19-32-34(20-25)21-28(31(37)38)33-42(39,40)27-10-5-2-6-11-27;1-18-6-3-4-8-24(18)33-22-11-9-20(10-12-22)14-25(30)29-13-5-7-23(29)21-15-27-28(17-21)16-19(2)26(31)32/h1-6,8-11,13-16,19-20,28-29,33H,7,12,17-18,21-22H2,(H,37,38);3-4,6,8-12,15,17,19,23H,5,7,13-14,16H2,1-2H3,(H,31,32). The molecule has 2 aliphatic heterocycles. The molecule has 0 aliphatic carbocycles. The fraction of sp³-hybridized carbons (Fsp3) is 0.298. The van der Waals surface area contributed by atoms with Crippen molar-refractivity contribution < 1.29 is 47.3 Å². The topological polar surface area (TPSA) is 215 Å². The number of ether oxygens (including phenoxy) is 2. The number of amides is 2. The second-order valence-electron chi connectivity index (χ2n) is 18.8. The summed E-state index contributed by atoms with van der Waals surface area (Å²) in [7, 11) is -4.03. The van der Waals surface area contributed by atoms with E-state index in [4.69, 9.17) is 14.6 Å². The maximum atomic E-state index is 13.3. The van der Waals surface area contributed by atoms with E-state index in [1.165, 1.54) is 16.8 Å². The van der Waals surface area contributed by atoms with Crippen LogP contribution < -0.4 is 14.2 Å². The number of likely N-dealkylation sites (tertiary alicyclic amines) is 2. The molecule has 3 N–H and O–H groups in total. The Balaban J connectivity index is 0.000000205. The summed E-state index contributed by atoms with van der Waals surface area (Å²) < 4.78 is 42.4. The number of hydrogen-bond acceptors (Lipinski definition) is 10. The van der Waals surface area contributed by atoms with Gasteiger partial charge in [-0.05, 0) is 97.3 Å². The van der Waals surface area contributed by atoms with Gasteiger partial charge in [0.05, 0.1) is 61.2 Å². The minimum atomic E-state index is -4.03. The fourth-order valence-corrected chi connectivity index (χ4v) is 10.4. The van der Waals surface area contributed by atoms with Crippen molar-refractivity contribution in [3.8, 4) is 17.2 Å². The quantitative estimate of drug-likeness (QED) is 0.0656. The molecule has 17 nitrogen and oxygen atoms in total. The zero-order valence-corrected chi connectivity index (χ0v) is 42.7. The summed E-state index contributed by atoms with van der Waals surface area (Å²) in [5.41, 5.74) is 5.66. The lowest BCUT2D eigenvalue weighted by Gasteiger charge is -2.24. The number of aliphatic carboxylic acids is 2. The van der Waals surface area contributed by atoms with Crippen LogP contribution in [0.3, 0.4) is 0 Å². The van der Waals surface area contributed by atoms with Crippen molar-refractivity contribution in [3.63, 3.8) is 0 Å². The molecule has 2 aromatic heterocycles. The van der Waals surface area contributed by atoms with Crippen LogP contribution in [0.5, 0.6) is 17.2 Å². The molecule has 0 radical (unpaired) electrons. The van der Waals surface area contributed by atoms with E-state index in [1.54, 1.807) is 48.4 Å². The molecule has 2 saturated heterocycles. The number of carbonyl (C=O) groups is 4. The van der Waals surface area contributed by atoms with E-state index in [0.29, 0.717) is 32.7 Å². The highest BCUT2D eigenvalue weighted by Gasteiger charge is 2.33. The van der Waals surface area contributed by atoms with Gasteiger partial charge in [0, 0.05) is 36.6 Å². The fourth-order valence-electron chi connectivity index (χ4n) is 9.16. The zero-order chi connectivity index (χ0) is 52.9. The van der Waals surface area contributed by atoms with Gasteiger partial charge >= 0.3 is 11.9 Å². The van der Waals surface area contributed by atoms with Crippen LogP contribution in [-0.4, -0.2) is 90.9 Å². The normalized spacial score (nSPS) is 16.1. The molecule has 9 rings (SSSR count). The third-order valence-corrected chi connectivity index (χ3v) is 14.7. The molecule has 5 aromatic carbocycles. The summed E-state index contributed by atoms with van der Waals surface area (Å²) in [6, 6.07) is 38.9. The van der Waals surface area contributed by atoms with Crippen molar-refractivity contribution in [3.05, 3.63) is 192 Å². The number of benzene rings is 5. The molecule has 2 fully saturated rings. The number of carbonyl (C=O) groups excluding carboxylic acids is 2. The molecule has 2 amide bonds. The Labute approximate surface area is 436 Å². The van der Waals surface area contributed by atoms with Crippen molar-refractivity contribution in [1.82, 2.24) is 34.1 Å². The molecule has 7 aromatic rings. The monoisotopic (exact) mass is 1040 g/mol. The highest BCUT2D eigenvalue weighted by Crippen LogP contribution is 2.34. The van der Waals surface area contributed by atoms with Gasteiger partial charge in [-0.2, -0.15) is 14.9 Å². The Morgan fingerprint density at radius 3 is 1.69 bits per heavy atom. The van der Waals surface area contributed by atoms with Gasteiger partial charge in [0.2, 0.25) is 21.8 Å². The smallest absolute Gasteiger partial charge is 0.323 e. The number of rotatable bonds is 20. The van der Waals surface area contributed by atoms with Crippen molar-refractivity contribution in [1.29, 1.82) is 0 Å². The number of aryl methyl sites for hydroxylation is 1. The van der Waals surface area contributed by atoms with Crippen molar-refractivity contribution >= 4 is 33.8 Å². The Morgan fingerprint density at radius 2 is 1.15 bits per heavy atom. The van der Waals surface area contributed by atoms with Crippen LogP contribution >= 0.6 is 0 Å². The minimum Gasteiger partial charge on any atom is -0.489 e. The third kappa shape index (κ3) is 14.4. The molecule has 75 heavy (non-hydrogen) atoms. The number of aromatic nitrogens is 4. The van der Waals surface area contributed by atoms with Crippen LogP contribution in [0, 0.1) is 12.8 Å². The number of nitrogens with zero attached hydrogens (tertiary/aromatic N) is 6. The Bertz CT molecular complexity index is 3150. The molecule has 2 aliphatic rings. The lowest BCUT2D eigenvalue weighted by molar-refractivity contribution is -0.142. The molecule has 4 heterocycles. The first-order valence-corrected chi connectivity index (χ1v) is 26.4. The zero-order valence-electron chi connectivity index (χ0n) is 41.9. The first kappa shape index (κ1) is 53.2. The summed E-state index contributed by atoms with van der Waals surface area (Å²) in [6.07, 6.45) is 10.9. The van der Waals surface area contributed by atoms with Crippen LogP contribution in [0.2, 0.25) is 0 Å². The number of sulfonamides is 1. The highest BCUT2D eigenvalue weighted by atomic mass is 32.2. The van der Waals surface area contributed by atoms with E-state index >= 15 is 0 Å². The van der Waals surface area contributed by atoms with E-state index in [-0.39, 0.29) is 41.8 Å². The molecule has 4 unspecified atom stereocenters. The van der Waals surface area contributed by atoms with E-state index in [1.807, 2.05) is 126 Å². The van der Waals surface area contributed by atoms with E-state index in [2.05, 4.69) is 14.9 Å². The van der Waals surface area contributed by atoms with Gasteiger partial charge in [-0.1, -0.05) is 97.9 Å². The van der Waals surface area contributed by atoms with E-state index < -0.39 is 33.9 Å². The Kier molecular flexibility index (Phi) is 17.6. The Hall–Kier alpha value is -8.09. The van der Waals surface area contributed by atoms with Gasteiger partial charge < -0.3 is 29.5 Å². The third-order valence-electron chi connectivity index (χ3n) is 13.3. The maximum Gasteiger partial charge on any atom is 0.323 e. The van der Waals surface area contributed by atoms with Crippen LogP contribution in [0.4, 0.5) is 0 Å². The number of carboxylic acids is 2. The lowest BCUT2D eigenvalue weighted by Crippen LogP contribution is -2.43. The lowest BCUT2D eigenvalue weighted by atomic mass is 10.1. The van der Waals surface area contributed by atoms with Gasteiger partial charge in [-0.15, -0.1) is 0 Å². The first-order valence-electron chi connectivity index (χ1n) is 24.9. The average molecular weight is 1040 g/mol. The Morgan fingerprint density at radius 1 is 0.640 bits per heavy atom. The summed E-state index contributed by atoms with van der Waals surface area (Å²) in [5.74, 6) is -0.248. The van der Waals surface area contributed by atoms with Crippen LogP contribution in [-0.2, 0) is 61.7 Å². The van der Waals surface area contributed by atoms with Gasteiger partial charge in [-0.3, -0.25) is 28.5 Å². The predicted molar refractivity (Wildman–Crippen MR) is 279 cm³/mol. The molecule has 4 atom stereocenters. The maximum absolute atomic E-state index is 13.3. The molecule has 0 saturated carbocycles. The van der Waals surface area contributed by atoms with E-state index in [9.17, 15) is 32.7 Å². The van der Waals surface area contributed by atoms with Gasteiger partial charge in [-0.25, -0.2) is 8.42 Å². The molecule has 0 spiro atoms. The van der Waals surface area contributed by atoms with Crippen molar-refractivity contribution in [2.24, 2.45) is 5.92 Å². The molecule has 0 bridgehead atoms. The summed E-state index contributed by atoms with van der Waals surface area (Å²) >= 11 is 0. The van der Waals surface area contributed by atoms with Crippen molar-refractivity contribution in [2.75, 3.05) is 13.1 Å². The molecule has 390 valence electrons. The van der Waals surface area contributed by atoms with Crippen molar-refractivity contribution in [2.45, 2.75) is 95.1 Å². The van der Waals surface area contributed by atoms with Gasteiger partial charge in [0.25, 0.3) is 0 Å². The first-order chi connectivity index (χ1) is 36.2. The number of hydrogen-bond donors (Lipinski definition) is 3. The number of nitrogens with one attached hydrogen (secondary N) is 1. The highest BCUT2D eigenvalue weighted by molar-refractivity contribution is 7.89. The summed E-state index contributed by atoms with van der Waals surface area (Å²) in [5, 5.41) is 27.4. The minimum absolute atomic E-state index is 0.00225. The van der Waals surface area contributed by atoms with Crippen LogP contribution in [0.1, 0.15) is 78.1 Å². The summed E-state index contributed by atoms with van der Waals surface area (Å²) in [4.78, 5) is 53.1. The van der Waals surface area contributed by atoms with E-state index in [0.717, 1.165) is 76.3 Å². The molecule has 18 heteroatoms. The largest absolute Gasteiger partial charge is 0.489 e. The number of carboxylic acid groups (broad SMARTS) is 2. The predicted octanol–water partition coefficient (Wildman–Crippen LogP) is 8.41. The summed E-state index contributed by atoms with van der Waals surface area (Å²) in [6.45, 7) is 5.54. The number of para-hydroxylation sites is 2. The SMILES string of the molecule is Cc1ccccc1Oc1ccc(CC(=O)N2CCCC2c2cnn(CC(C)C(=O)O)c2)cc1.O=C(O)C(Cn1cc(C2CCCN2C(=O)Cc2ccc(COc3ccccc3)cc2)cn1)NS(=O)(=O)c1ccccc1. The average Bonchev–Trinajstić information content (AvgIpc) is 4.27. The van der Waals surface area contributed by atoms with Gasteiger partial charge in [0.15, 0.2) is 0 Å². The second kappa shape index (κ2) is 24.8. The van der Waals surface area contributed by atoms with Crippen LogP contribution in [0.25, 0.3) is 0 Å². The van der Waals surface area contributed by atoms with Crippen LogP contribution in [0.15, 0.2) is 163 Å². The molecular formula is C57H61N7O10S. The van der Waals surface area contributed by atoms with Gasteiger partial charge in [0.1, 0.15) is 29.9 Å². The molecular weight excluding hydrogens is 975 g/mol. The second-order valence-corrected chi connectivity index (χ2v) is 20.5.